The predicted octanol–water partition coefficient (Wildman–Crippen LogP) is 1.96. The van der Waals surface area contributed by atoms with E-state index in [0.717, 1.165) is 5.56 Å². The second-order valence-electron chi connectivity index (χ2n) is 4.56. The first-order chi connectivity index (χ1) is 9.08. The molecule has 4 heteroatoms. The van der Waals surface area contributed by atoms with Gasteiger partial charge in [-0.05, 0) is 24.6 Å². The summed E-state index contributed by atoms with van der Waals surface area (Å²) in [5, 5.41) is 0. The second kappa shape index (κ2) is 5.52. The lowest BCUT2D eigenvalue weighted by atomic mass is 10.1. The zero-order valence-electron chi connectivity index (χ0n) is 11.0. The Hall–Kier alpha value is -2.36. The van der Waals surface area contributed by atoms with Crippen LogP contribution in [0, 0.1) is 6.92 Å². The number of aryl methyl sites for hydroxylation is 1. The molecular formula is C15H16N2O2. The predicted molar refractivity (Wildman–Crippen MR) is 74.0 cm³/mol. The van der Waals surface area contributed by atoms with Crippen molar-refractivity contribution in [2.24, 2.45) is 0 Å². The molecule has 0 unspecified atom stereocenters. The van der Waals surface area contributed by atoms with Crippen LogP contribution in [-0.4, -0.2) is 22.8 Å². The molecule has 0 spiro atoms. The summed E-state index contributed by atoms with van der Waals surface area (Å²) < 4.78 is 0. The Balaban J connectivity index is 2.14. The van der Waals surface area contributed by atoms with E-state index in [1.807, 2.05) is 31.2 Å². The molecule has 2 aromatic rings. The SMILES string of the molecule is Cc1ccc(CN(C)C(=O)c2ccc[nH]c2=O)cc1. The van der Waals surface area contributed by atoms with Crippen LogP contribution >= 0.6 is 0 Å². The summed E-state index contributed by atoms with van der Waals surface area (Å²) >= 11 is 0. The number of hydrogen-bond donors (Lipinski definition) is 1. The van der Waals surface area contributed by atoms with Gasteiger partial charge in [-0.3, -0.25) is 9.59 Å². The fraction of sp³-hybridized carbons (Fsp3) is 0.200. The highest BCUT2D eigenvalue weighted by Crippen LogP contribution is 2.07. The number of benzene rings is 1. The van der Waals surface area contributed by atoms with E-state index in [4.69, 9.17) is 0 Å². The van der Waals surface area contributed by atoms with Gasteiger partial charge in [-0.15, -0.1) is 0 Å². The van der Waals surface area contributed by atoms with Crippen molar-refractivity contribution in [3.63, 3.8) is 0 Å². The van der Waals surface area contributed by atoms with Gasteiger partial charge in [0.15, 0.2) is 0 Å². The molecule has 0 saturated carbocycles. The minimum absolute atomic E-state index is 0.164. The zero-order chi connectivity index (χ0) is 13.8. The molecular weight excluding hydrogens is 240 g/mol. The van der Waals surface area contributed by atoms with Crippen LogP contribution in [0.4, 0.5) is 0 Å². The molecule has 0 bridgehead atoms. The van der Waals surface area contributed by atoms with E-state index in [9.17, 15) is 9.59 Å². The van der Waals surface area contributed by atoms with Crippen molar-refractivity contribution in [2.75, 3.05) is 7.05 Å². The number of aromatic nitrogens is 1. The third-order valence-corrected chi connectivity index (χ3v) is 2.94. The molecule has 0 fully saturated rings. The molecule has 1 N–H and O–H groups in total. The number of amides is 1. The Morgan fingerprint density at radius 2 is 1.89 bits per heavy atom. The van der Waals surface area contributed by atoms with Crippen LogP contribution in [0.1, 0.15) is 21.5 Å². The third-order valence-electron chi connectivity index (χ3n) is 2.94. The Morgan fingerprint density at radius 1 is 1.21 bits per heavy atom. The van der Waals surface area contributed by atoms with Gasteiger partial charge < -0.3 is 9.88 Å². The molecule has 19 heavy (non-hydrogen) atoms. The van der Waals surface area contributed by atoms with Crippen molar-refractivity contribution < 1.29 is 4.79 Å². The van der Waals surface area contributed by atoms with Gasteiger partial charge in [0, 0.05) is 19.8 Å². The molecule has 98 valence electrons. The van der Waals surface area contributed by atoms with Gasteiger partial charge in [0.1, 0.15) is 5.56 Å². The third kappa shape index (κ3) is 3.10. The Morgan fingerprint density at radius 3 is 2.53 bits per heavy atom. The molecule has 4 nitrogen and oxygen atoms in total. The lowest BCUT2D eigenvalue weighted by molar-refractivity contribution is 0.0783. The molecule has 0 atom stereocenters. The first-order valence-corrected chi connectivity index (χ1v) is 6.06. The smallest absolute Gasteiger partial charge is 0.260 e. The van der Waals surface area contributed by atoms with E-state index in [1.165, 1.54) is 22.7 Å². The van der Waals surface area contributed by atoms with Crippen molar-refractivity contribution >= 4 is 5.91 Å². The number of pyridine rings is 1. The van der Waals surface area contributed by atoms with Crippen molar-refractivity contribution in [1.29, 1.82) is 0 Å². The van der Waals surface area contributed by atoms with Gasteiger partial charge in [0.25, 0.3) is 11.5 Å². The minimum Gasteiger partial charge on any atom is -0.337 e. The van der Waals surface area contributed by atoms with Crippen LogP contribution in [-0.2, 0) is 6.54 Å². The molecule has 2 rings (SSSR count). The second-order valence-corrected chi connectivity index (χ2v) is 4.56. The highest BCUT2D eigenvalue weighted by molar-refractivity contribution is 5.93. The summed E-state index contributed by atoms with van der Waals surface area (Å²) in [5.74, 6) is -0.276. The van der Waals surface area contributed by atoms with Crippen LogP contribution in [0.25, 0.3) is 0 Å². The van der Waals surface area contributed by atoms with Gasteiger partial charge >= 0.3 is 0 Å². The van der Waals surface area contributed by atoms with Crippen molar-refractivity contribution in [1.82, 2.24) is 9.88 Å². The van der Waals surface area contributed by atoms with E-state index in [-0.39, 0.29) is 17.0 Å². The molecule has 0 aliphatic rings. The Bertz CT molecular complexity index is 629. The fourth-order valence-electron chi connectivity index (χ4n) is 1.83. The minimum atomic E-state index is -0.358. The largest absolute Gasteiger partial charge is 0.337 e. The Labute approximate surface area is 111 Å². The van der Waals surface area contributed by atoms with Gasteiger partial charge in [-0.2, -0.15) is 0 Å². The highest BCUT2D eigenvalue weighted by atomic mass is 16.2. The van der Waals surface area contributed by atoms with Crippen LogP contribution in [0.2, 0.25) is 0 Å². The summed E-state index contributed by atoms with van der Waals surface area (Å²) in [6.45, 7) is 2.50. The van der Waals surface area contributed by atoms with Crippen LogP contribution in [0.3, 0.4) is 0 Å². The van der Waals surface area contributed by atoms with E-state index < -0.39 is 0 Å². The molecule has 1 aromatic carbocycles. The first-order valence-electron chi connectivity index (χ1n) is 6.06. The molecule has 0 aliphatic carbocycles. The Kier molecular flexibility index (Phi) is 3.80. The van der Waals surface area contributed by atoms with Crippen LogP contribution < -0.4 is 5.56 Å². The van der Waals surface area contributed by atoms with E-state index >= 15 is 0 Å². The molecule has 0 radical (unpaired) electrons. The number of aromatic amines is 1. The molecule has 0 saturated heterocycles. The highest BCUT2D eigenvalue weighted by Gasteiger charge is 2.14. The maximum absolute atomic E-state index is 12.1. The summed E-state index contributed by atoms with van der Waals surface area (Å²) in [6.07, 6.45) is 1.51. The van der Waals surface area contributed by atoms with E-state index in [0.29, 0.717) is 6.54 Å². The van der Waals surface area contributed by atoms with E-state index in [1.54, 1.807) is 13.1 Å². The number of nitrogens with zero attached hydrogens (tertiary/aromatic N) is 1. The number of hydrogen-bond acceptors (Lipinski definition) is 2. The molecule has 1 aromatic heterocycles. The summed E-state index contributed by atoms with van der Waals surface area (Å²) in [4.78, 5) is 27.7. The van der Waals surface area contributed by atoms with Crippen molar-refractivity contribution in [2.45, 2.75) is 13.5 Å². The van der Waals surface area contributed by atoms with Crippen LogP contribution in [0.5, 0.6) is 0 Å². The number of rotatable bonds is 3. The molecule has 0 aliphatic heterocycles. The lowest BCUT2D eigenvalue weighted by Gasteiger charge is -2.16. The van der Waals surface area contributed by atoms with Crippen molar-refractivity contribution in [3.8, 4) is 0 Å². The standard InChI is InChI=1S/C15H16N2O2/c1-11-5-7-12(8-6-11)10-17(2)15(19)13-4-3-9-16-14(13)18/h3-9H,10H2,1-2H3,(H,16,18). The molecule has 1 amide bonds. The van der Waals surface area contributed by atoms with E-state index in [2.05, 4.69) is 4.98 Å². The number of H-pyrrole nitrogens is 1. The van der Waals surface area contributed by atoms with Gasteiger partial charge in [0.05, 0.1) is 0 Å². The van der Waals surface area contributed by atoms with Gasteiger partial charge in [0.2, 0.25) is 0 Å². The molecule has 1 heterocycles. The average molecular weight is 256 g/mol. The monoisotopic (exact) mass is 256 g/mol. The zero-order valence-corrected chi connectivity index (χ0v) is 11.0. The maximum atomic E-state index is 12.1. The lowest BCUT2D eigenvalue weighted by Crippen LogP contribution is -2.31. The average Bonchev–Trinajstić information content (AvgIpc) is 2.41. The first kappa shape index (κ1) is 13.1. The number of nitrogens with one attached hydrogen (secondary N) is 1. The summed E-state index contributed by atoms with van der Waals surface area (Å²) in [6, 6.07) is 11.1. The topological polar surface area (TPSA) is 53.2 Å². The quantitative estimate of drug-likeness (QED) is 0.912. The summed E-state index contributed by atoms with van der Waals surface area (Å²) in [5.41, 5.74) is 2.02. The van der Waals surface area contributed by atoms with Gasteiger partial charge in [-0.1, -0.05) is 29.8 Å². The fourth-order valence-corrected chi connectivity index (χ4v) is 1.83. The number of carbonyl (C=O) groups excluding carboxylic acids is 1. The normalized spacial score (nSPS) is 10.2. The van der Waals surface area contributed by atoms with Gasteiger partial charge in [-0.25, -0.2) is 0 Å². The maximum Gasteiger partial charge on any atom is 0.260 e. The van der Waals surface area contributed by atoms with Crippen molar-refractivity contribution in [3.05, 3.63) is 69.6 Å². The van der Waals surface area contributed by atoms with Crippen LogP contribution in [0.15, 0.2) is 47.4 Å². The summed E-state index contributed by atoms with van der Waals surface area (Å²) in [7, 11) is 1.69. The number of carbonyl (C=O) groups is 1.